The van der Waals surface area contributed by atoms with E-state index in [1.807, 2.05) is 109 Å². The summed E-state index contributed by atoms with van der Waals surface area (Å²) >= 11 is 3.57. The van der Waals surface area contributed by atoms with Crippen LogP contribution in [0.2, 0.25) is 0 Å². The molecule has 6 rings (SSSR count). The van der Waals surface area contributed by atoms with Crippen LogP contribution < -0.4 is 10.5 Å². The first kappa shape index (κ1) is 34.0. The van der Waals surface area contributed by atoms with Crippen LogP contribution in [0.15, 0.2) is 138 Å². The van der Waals surface area contributed by atoms with Crippen LogP contribution in [-0.2, 0) is 21.7 Å². The van der Waals surface area contributed by atoms with Gasteiger partial charge in [0, 0.05) is 10.0 Å². The van der Waals surface area contributed by atoms with Crippen molar-refractivity contribution in [2.45, 2.75) is 37.1 Å². The lowest BCUT2D eigenvalue weighted by Crippen LogP contribution is -2.53. The molecular weight excluding hydrogens is 687 g/mol. The maximum absolute atomic E-state index is 15.0. The van der Waals surface area contributed by atoms with Crippen molar-refractivity contribution >= 4 is 27.9 Å². The van der Waals surface area contributed by atoms with Crippen molar-refractivity contribution in [1.82, 2.24) is 4.90 Å². The van der Waals surface area contributed by atoms with Gasteiger partial charge in [-0.15, -0.1) is 0 Å². The Morgan fingerprint density at radius 2 is 1.55 bits per heavy atom. The Bertz CT molecular complexity index is 1880. The minimum Gasteiger partial charge on any atom is -0.488 e. The molecule has 9 heteroatoms. The largest absolute Gasteiger partial charge is 0.488 e. The highest BCUT2D eigenvalue weighted by atomic mass is 79.9. The summed E-state index contributed by atoms with van der Waals surface area (Å²) in [4.78, 5) is 29.6. The first-order valence-corrected chi connectivity index (χ1v) is 16.8. The van der Waals surface area contributed by atoms with Crippen molar-refractivity contribution in [3.63, 3.8) is 0 Å². The van der Waals surface area contributed by atoms with E-state index >= 15 is 4.79 Å². The molecule has 0 spiro atoms. The highest BCUT2D eigenvalue weighted by Gasteiger charge is 2.50. The molecule has 2 amide bonds. The van der Waals surface area contributed by atoms with E-state index in [1.165, 1.54) is 24.3 Å². The standard InChI is InChI=1S/C40H36BrFN2O5/c41-31-18-21-33(37(24-31)48-25-27-10-4-1-5-11-27)40(43,30-14-8-3-9-15-30)34(22-23-36(45)29-16-19-32(42)20-17-29)38(46)44-35(26-49-39(44)47)28-12-6-2-7-13-28/h1-21,24,34-36,45H,22-23,25-26,43H2. The summed E-state index contributed by atoms with van der Waals surface area (Å²) in [5.41, 5.74) is 9.37. The first-order chi connectivity index (χ1) is 23.8. The summed E-state index contributed by atoms with van der Waals surface area (Å²) in [6.45, 7) is 0.234. The minimum atomic E-state index is -1.56. The molecular formula is C40H36BrFN2O5. The second-order valence-corrected chi connectivity index (χ2v) is 13.0. The maximum atomic E-state index is 15.0. The molecule has 0 aromatic heterocycles. The number of rotatable bonds is 12. The molecule has 0 saturated carbocycles. The molecule has 250 valence electrons. The zero-order chi connectivity index (χ0) is 34.4. The maximum Gasteiger partial charge on any atom is 0.417 e. The van der Waals surface area contributed by atoms with Gasteiger partial charge in [0.15, 0.2) is 0 Å². The Morgan fingerprint density at radius 1 is 0.918 bits per heavy atom. The third-order valence-electron chi connectivity index (χ3n) is 9.00. The van der Waals surface area contributed by atoms with Gasteiger partial charge in [-0.1, -0.05) is 125 Å². The summed E-state index contributed by atoms with van der Waals surface area (Å²) in [6.07, 6.45) is -1.66. The van der Waals surface area contributed by atoms with E-state index in [1.54, 1.807) is 0 Å². The van der Waals surface area contributed by atoms with E-state index < -0.39 is 41.4 Å². The van der Waals surface area contributed by atoms with E-state index in [9.17, 15) is 14.3 Å². The molecule has 3 N–H and O–H groups in total. The Labute approximate surface area is 293 Å². The normalized spacial score (nSPS) is 16.8. The third kappa shape index (κ3) is 7.44. The summed E-state index contributed by atoms with van der Waals surface area (Å²) in [5, 5.41) is 11.3. The Morgan fingerprint density at radius 3 is 2.22 bits per heavy atom. The monoisotopic (exact) mass is 722 g/mol. The molecule has 1 fully saturated rings. The van der Waals surface area contributed by atoms with Crippen molar-refractivity contribution in [3.05, 3.63) is 172 Å². The van der Waals surface area contributed by atoms with E-state index in [2.05, 4.69) is 15.9 Å². The Balaban J connectivity index is 1.47. The lowest BCUT2D eigenvalue weighted by molar-refractivity contribution is -0.136. The highest BCUT2D eigenvalue weighted by molar-refractivity contribution is 9.10. The van der Waals surface area contributed by atoms with Gasteiger partial charge >= 0.3 is 6.09 Å². The summed E-state index contributed by atoms with van der Waals surface area (Å²) in [7, 11) is 0. The van der Waals surface area contributed by atoms with Gasteiger partial charge in [0.25, 0.3) is 0 Å². The predicted molar refractivity (Wildman–Crippen MR) is 188 cm³/mol. The molecule has 5 aromatic rings. The summed E-state index contributed by atoms with van der Waals surface area (Å²) in [6, 6.07) is 38.5. The van der Waals surface area contributed by atoms with Crippen molar-refractivity contribution < 1.29 is 28.6 Å². The quantitative estimate of drug-likeness (QED) is 0.135. The van der Waals surface area contributed by atoms with Crippen LogP contribution in [0, 0.1) is 11.7 Å². The smallest absolute Gasteiger partial charge is 0.417 e. The summed E-state index contributed by atoms with van der Waals surface area (Å²) in [5.74, 6) is -1.62. The third-order valence-corrected chi connectivity index (χ3v) is 9.50. The first-order valence-electron chi connectivity index (χ1n) is 16.0. The van der Waals surface area contributed by atoms with E-state index in [0.29, 0.717) is 22.4 Å². The minimum absolute atomic E-state index is 0.00780. The van der Waals surface area contributed by atoms with Crippen LogP contribution >= 0.6 is 15.9 Å². The summed E-state index contributed by atoms with van der Waals surface area (Å²) < 4.78 is 26.4. The predicted octanol–water partition coefficient (Wildman–Crippen LogP) is 8.22. The lowest BCUT2D eigenvalue weighted by Gasteiger charge is -2.40. The Kier molecular flexibility index (Phi) is 10.5. The molecule has 1 aliphatic rings. The van der Waals surface area contributed by atoms with Crippen LogP contribution in [0.25, 0.3) is 0 Å². The fraction of sp³-hybridized carbons (Fsp3) is 0.200. The number of benzene rings is 5. The number of halogens is 2. The van der Waals surface area contributed by atoms with E-state index in [0.717, 1.165) is 20.5 Å². The number of imide groups is 1. The number of aliphatic hydroxyl groups is 1. The molecule has 4 unspecified atom stereocenters. The molecule has 0 aliphatic carbocycles. The fourth-order valence-electron chi connectivity index (χ4n) is 6.43. The number of cyclic esters (lactones) is 1. The molecule has 49 heavy (non-hydrogen) atoms. The number of aliphatic hydroxyl groups excluding tert-OH is 1. The number of nitrogens with zero attached hydrogens (tertiary/aromatic N) is 1. The van der Waals surface area contributed by atoms with Crippen LogP contribution in [0.3, 0.4) is 0 Å². The number of nitrogens with two attached hydrogens (primary N) is 1. The number of amides is 2. The van der Waals surface area contributed by atoms with Gasteiger partial charge in [0.05, 0.1) is 17.6 Å². The van der Waals surface area contributed by atoms with Gasteiger partial charge in [-0.25, -0.2) is 14.1 Å². The molecule has 5 aromatic carbocycles. The molecule has 1 aliphatic heterocycles. The van der Waals surface area contributed by atoms with Gasteiger partial charge in [-0.3, -0.25) is 4.79 Å². The Hall–Kier alpha value is -4.83. The number of carbonyl (C=O) groups is 2. The SMILES string of the molecule is NC(c1ccccc1)(c1ccc(Br)cc1OCc1ccccc1)C(CCC(O)c1ccc(F)cc1)C(=O)N1C(=O)OCC1c1ccccc1. The zero-order valence-electron chi connectivity index (χ0n) is 26.6. The topological polar surface area (TPSA) is 102 Å². The second kappa shape index (κ2) is 15.2. The zero-order valence-corrected chi connectivity index (χ0v) is 28.2. The molecule has 0 bridgehead atoms. The number of ether oxygens (including phenoxy) is 2. The van der Waals surface area contributed by atoms with E-state index in [-0.39, 0.29) is 26.1 Å². The van der Waals surface area contributed by atoms with Crippen LogP contribution in [-0.4, -0.2) is 28.6 Å². The van der Waals surface area contributed by atoms with Gasteiger partial charge < -0.3 is 20.3 Å². The van der Waals surface area contributed by atoms with Crippen LogP contribution in [0.5, 0.6) is 5.75 Å². The second-order valence-electron chi connectivity index (χ2n) is 12.1. The molecule has 1 saturated heterocycles. The van der Waals surface area contributed by atoms with Crippen LogP contribution in [0.1, 0.15) is 52.8 Å². The van der Waals surface area contributed by atoms with Gasteiger partial charge in [-0.05, 0) is 59.4 Å². The van der Waals surface area contributed by atoms with Gasteiger partial charge in [0.1, 0.15) is 30.8 Å². The number of hydrogen-bond acceptors (Lipinski definition) is 6. The van der Waals surface area contributed by atoms with Crippen molar-refractivity contribution in [1.29, 1.82) is 0 Å². The average Bonchev–Trinajstić information content (AvgIpc) is 3.53. The van der Waals surface area contributed by atoms with E-state index in [4.69, 9.17) is 15.2 Å². The van der Waals surface area contributed by atoms with Crippen molar-refractivity contribution in [2.75, 3.05) is 6.61 Å². The fourth-order valence-corrected chi connectivity index (χ4v) is 6.77. The lowest BCUT2D eigenvalue weighted by atomic mass is 9.70. The van der Waals surface area contributed by atoms with Crippen LogP contribution in [0.4, 0.5) is 9.18 Å². The number of carbonyl (C=O) groups excluding carboxylic acids is 2. The molecule has 1 heterocycles. The van der Waals surface area contributed by atoms with Gasteiger partial charge in [0.2, 0.25) is 5.91 Å². The highest BCUT2D eigenvalue weighted by Crippen LogP contribution is 2.45. The average molecular weight is 724 g/mol. The van der Waals surface area contributed by atoms with Gasteiger partial charge in [-0.2, -0.15) is 0 Å². The number of hydrogen-bond donors (Lipinski definition) is 2. The van der Waals surface area contributed by atoms with Crippen molar-refractivity contribution in [3.8, 4) is 5.75 Å². The molecule has 4 atom stereocenters. The molecule has 0 radical (unpaired) electrons. The van der Waals surface area contributed by atoms with Crippen molar-refractivity contribution in [2.24, 2.45) is 11.7 Å². The molecule has 7 nitrogen and oxygen atoms in total.